The highest BCUT2D eigenvalue weighted by Crippen LogP contribution is 2.12. The first-order valence-electron chi connectivity index (χ1n) is 20.9. The van der Waals surface area contributed by atoms with E-state index >= 15 is 0 Å². The van der Waals surface area contributed by atoms with Crippen molar-refractivity contribution >= 4 is 11.9 Å². The standard InChI is InChI=1S/C44H79NO5/c1-3-5-7-9-11-13-15-16-17-18-22-26-30-34-38-44(49)50-39-35-31-27-23-19-21-25-29-33-37-43(48)45-41(40-46)42(47)36-32-28-24-20-14-12-10-8-6-4-2/h9,11,15-16,21,25,32,36,41-42,46-47H,3-8,10,12-14,17-20,22-24,26-31,33-35,37-40H2,1-2H3,(H,45,48)/b11-9-,16-15-,25-21-,36-32+. The van der Waals surface area contributed by atoms with Gasteiger partial charge in [-0.3, -0.25) is 9.59 Å². The Labute approximate surface area is 308 Å². The molecule has 0 heterocycles. The third-order valence-corrected chi connectivity index (χ3v) is 9.06. The number of esters is 1. The normalized spacial score (nSPS) is 13.3. The molecular formula is C44H79NO5. The average Bonchev–Trinajstić information content (AvgIpc) is 3.11. The first-order valence-corrected chi connectivity index (χ1v) is 20.9. The number of unbranched alkanes of at least 4 members (excludes halogenated alkanes) is 20. The molecule has 0 fully saturated rings. The Kier molecular flexibility index (Phi) is 37.9. The van der Waals surface area contributed by atoms with Gasteiger partial charge in [-0.05, 0) is 77.0 Å². The Hall–Kier alpha value is -2.18. The van der Waals surface area contributed by atoms with Gasteiger partial charge in [0.1, 0.15) is 0 Å². The van der Waals surface area contributed by atoms with E-state index in [0.29, 0.717) is 19.4 Å². The number of aliphatic hydroxyl groups excluding tert-OH is 2. The predicted molar refractivity (Wildman–Crippen MR) is 213 cm³/mol. The quantitative estimate of drug-likeness (QED) is 0.0340. The van der Waals surface area contributed by atoms with Gasteiger partial charge in [0.05, 0.1) is 25.4 Å². The lowest BCUT2D eigenvalue weighted by atomic mass is 10.1. The van der Waals surface area contributed by atoms with E-state index in [0.717, 1.165) is 83.5 Å². The number of rotatable bonds is 37. The molecule has 0 aromatic rings. The maximum Gasteiger partial charge on any atom is 0.305 e. The van der Waals surface area contributed by atoms with Crippen molar-refractivity contribution in [3.8, 4) is 0 Å². The molecule has 50 heavy (non-hydrogen) atoms. The number of aliphatic hydroxyl groups is 2. The number of carbonyl (C=O) groups excluding carboxylic acids is 2. The van der Waals surface area contributed by atoms with Gasteiger partial charge in [-0.15, -0.1) is 0 Å². The lowest BCUT2D eigenvalue weighted by Gasteiger charge is -2.19. The van der Waals surface area contributed by atoms with E-state index in [-0.39, 0.29) is 18.5 Å². The molecule has 0 aliphatic carbocycles. The molecule has 290 valence electrons. The SMILES string of the molecule is CCCC/C=C\C/C=C\CCCCCCCC(=O)OCCCCCC/C=C\CCCC(=O)NC(CO)C(O)/C=C/CCCCCCCCCC. The van der Waals surface area contributed by atoms with Gasteiger partial charge in [0.2, 0.25) is 5.91 Å². The third-order valence-electron chi connectivity index (χ3n) is 9.06. The smallest absolute Gasteiger partial charge is 0.305 e. The molecule has 0 radical (unpaired) electrons. The molecule has 6 nitrogen and oxygen atoms in total. The van der Waals surface area contributed by atoms with Crippen molar-refractivity contribution in [3.63, 3.8) is 0 Å². The van der Waals surface area contributed by atoms with Crippen LogP contribution in [0.4, 0.5) is 0 Å². The van der Waals surface area contributed by atoms with Crippen LogP contribution in [0.1, 0.15) is 194 Å². The van der Waals surface area contributed by atoms with Crippen LogP contribution < -0.4 is 5.32 Å². The van der Waals surface area contributed by atoms with Crippen molar-refractivity contribution in [2.45, 2.75) is 206 Å². The summed E-state index contributed by atoms with van der Waals surface area (Å²) >= 11 is 0. The van der Waals surface area contributed by atoms with E-state index in [1.54, 1.807) is 6.08 Å². The van der Waals surface area contributed by atoms with Crippen LogP contribution in [-0.4, -0.2) is 47.4 Å². The summed E-state index contributed by atoms with van der Waals surface area (Å²) in [6, 6.07) is -0.665. The highest BCUT2D eigenvalue weighted by molar-refractivity contribution is 5.76. The topological polar surface area (TPSA) is 95.9 Å². The second-order valence-corrected chi connectivity index (χ2v) is 14.0. The van der Waals surface area contributed by atoms with Crippen LogP contribution >= 0.6 is 0 Å². The second kappa shape index (κ2) is 39.6. The third kappa shape index (κ3) is 35.6. The Morgan fingerprint density at radius 2 is 1.04 bits per heavy atom. The van der Waals surface area contributed by atoms with Crippen molar-refractivity contribution in [1.82, 2.24) is 5.32 Å². The molecule has 0 aliphatic rings. The summed E-state index contributed by atoms with van der Waals surface area (Å²) < 4.78 is 5.40. The van der Waals surface area contributed by atoms with Gasteiger partial charge in [0.25, 0.3) is 0 Å². The largest absolute Gasteiger partial charge is 0.466 e. The molecule has 0 rings (SSSR count). The fourth-order valence-electron chi connectivity index (χ4n) is 5.77. The first-order chi connectivity index (χ1) is 24.5. The number of hydrogen-bond donors (Lipinski definition) is 3. The summed E-state index contributed by atoms with van der Waals surface area (Å²) in [6.45, 7) is 4.71. The summed E-state index contributed by atoms with van der Waals surface area (Å²) in [5, 5.41) is 22.8. The van der Waals surface area contributed by atoms with Gasteiger partial charge in [-0.25, -0.2) is 0 Å². The van der Waals surface area contributed by atoms with E-state index in [4.69, 9.17) is 4.74 Å². The van der Waals surface area contributed by atoms with Gasteiger partial charge >= 0.3 is 5.97 Å². The lowest BCUT2D eigenvalue weighted by molar-refractivity contribution is -0.143. The minimum absolute atomic E-state index is 0.0548. The number of hydrogen-bond acceptors (Lipinski definition) is 5. The van der Waals surface area contributed by atoms with Gasteiger partial charge in [0, 0.05) is 12.8 Å². The van der Waals surface area contributed by atoms with Crippen molar-refractivity contribution in [2.24, 2.45) is 0 Å². The number of nitrogens with one attached hydrogen (secondary N) is 1. The average molecular weight is 702 g/mol. The fraction of sp³-hybridized carbons (Fsp3) is 0.773. The molecule has 0 saturated heterocycles. The van der Waals surface area contributed by atoms with Crippen LogP contribution in [0, 0.1) is 0 Å². The summed E-state index contributed by atoms with van der Waals surface area (Å²) in [5.41, 5.74) is 0. The monoisotopic (exact) mass is 702 g/mol. The number of allylic oxidation sites excluding steroid dienone is 7. The molecule has 0 spiro atoms. The molecule has 3 N–H and O–H groups in total. The Morgan fingerprint density at radius 3 is 1.64 bits per heavy atom. The number of carbonyl (C=O) groups is 2. The molecule has 6 heteroatoms. The Bertz CT molecular complexity index is 864. The highest BCUT2D eigenvalue weighted by atomic mass is 16.5. The van der Waals surface area contributed by atoms with E-state index in [1.807, 2.05) is 6.08 Å². The van der Waals surface area contributed by atoms with Gasteiger partial charge in [-0.2, -0.15) is 0 Å². The van der Waals surface area contributed by atoms with Crippen LogP contribution in [0.2, 0.25) is 0 Å². The summed E-state index contributed by atoms with van der Waals surface area (Å²) in [4.78, 5) is 24.3. The molecule has 1 amide bonds. The molecule has 0 aromatic heterocycles. The van der Waals surface area contributed by atoms with Crippen molar-refractivity contribution < 1.29 is 24.5 Å². The Balaban J connectivity index is 3.62. The van der Waals surface area contributed by atoms with E-state index < -0.39 is 12.1 Å². The van der Waals surface area contributed by atoms with Crippen molar-refractivity contribution in [1.29, 1.82) is 0 Å². The number of ether oxygens (including phenoxy) is 1. The molecule has 0 aliphatic heterocycles. The van der Waals surface area contributed by atoms with E-state index in [2.05, 4.69) is 55.6 Å². The highest BCUT2D eigenvalue weighted by Gasteiger charge is 2.17. The molecule has 2 unspecified atom stereocenters. The molecule has 0 aromatic carbocycles. The van der Waals surface area contributed by atoms with Gasteiger partial charge < -0.3 is 20.3 Å². The summed E-state index contributed by atoms with van der Waals surface area (Å²) in [7, 11) is 0. The maximum absolute atomic E-state index is 12.3. The minimum atomic E-state index is -0.874. The van der Waals surface area contributed by atoms with Crippen molar-refractivity contribution in [3.05, 3.63) is 48.6 Å². The zero-order valence-electron chi connectivity index (χ0n) is 32.6. The minimum Gasteiger partial charge on any atom is -0.466 e. The van der Waals surface area contributed by atoms with Gasteiger partial charge in [-0.1, -0.05) is 152 Å². The van der Waals surface area contributed by atoms with Crippen LogP contribution in [0.25, 0.3) is 0 Å². The molecule has 2 atom stereocenters. The molecular weight excluding hydrogens is 622 g/mol. The van der Waals surface area contributed by atoms with Crippen LogP contribution in [0.15, 0.2) is 48.6 Å². The zero-order chi connectivity index (χ0) is 36.6. The van der Waals surface area contributed by atoms with E-state index in [9.17, 15) is 19.8 Å². The first kappa shape index (κ1) is 47.8. The zero-order valence-corrected chi connectivity index (χ0v) is 32.6. The molecule has 0 bridgehead atoms. The number of amides is 1. The van der Waals surface area contributed by atoms with Crippen LogP contribution in [0.3, 0.4) is 0 Å². The lowest BCUT2D eigenvalue weighted by Crippen LogP contribution is -2.45. The van der Waals surface area contributed by atoms with Gasteiger partial charge in [0.15, 0.2) is 0 Å². The summed E-state index contributed by atoms with van der Waals surface area (Å²) in [6.07, 6.45) is 46.7. The predicted octanol–water partition coefficient (Wildman–Crippen LogP) is 11.6. The summed E-state index contributed by atoms with van der Waals surface area (Å²) in [5.74, 6) is -0.190. The maximum atomic E-state index is 12.3. The van der Waals surface area contributed by atoms with Crippen LogP contribution in [-0.2, 0) is 14.3 Å². The van der Waals surface area contributed by atoms with E-state index in [1.165, 1.54) is 83.5 Å². The molecule has 0 saturated carbocycles. The second-order valence-electron chi connectivity index (χ2n) is 14.0. The Morgan fingerprint density at radius 1 is 0.560 bits per heavy atom. The van der Waals surface area contributed by atoms with Crippen molar-refractivity contribution in [2.75, 3.05) is 13.2 Å². The van der Waals surface area contributed by atoms with Crippen LogP contribution in [0.5, 0.6) is 0 Å². The fourth-order valence-corrected chi connectivity index (χ4v) is 5.77.